The number of hydrogen-bond acceptors (Lipinski definition) is 1. The predicted molar refractivity (Wildman–Crippen MR) is 72.8 cm³/mol. The minimum Gasteiger partial charge on any atom is -0.381 e. The van der Waals surface area contributed by atoms with Gasteiger partial charge in [0.25, 0.3) is 0 Å². The summed E-state index contributed by atoms with van der Waals surface area (Å²) in [6.07, 6.45) is -4.42. The van der Waals surface area contributed by atoms with Crippen molar-refractivity contribution in [1.29, 1.82) is 0 Å². The van der Waals surface area contributed by atoms with Crippen LogP contribution >= 0.6 is 15.9 Å². The molecule has 0 aliphatic rings. The van der Waals surface area contributed by atoms with Gasteiger partial charge in [0.2, 0.25) is 0 Å². The van der Waals surface area contributed by atoms with E-state index in [1.165, 1.54) is 18.2 Å². The summed E-state index contributed by atoms with van der Waals surface area (Å²) >= 11 is 2.94. The van der Waals surface area contributed by atoms with Gasteiger partial charge in [-0.25, -0.2) is 8.78 Å². The summed E-state index contributed by atoms with van der Waals surface area (Å²) in [6, 6.07) is 6.56. The Morgan fingerprint density at radius 1 is 0.952 bits per heavy atom. The van der Waals surface area contributed by atoms with E-state index in [4.69, 9.17) is 0 Å². The molecule has 2 rings (SSSR count). The Balaban J connectivity index is 2.12. The summed E-state index contributed by atoms with van der Waals surface area (Å²) in [5.41, 5.74) is -0.640. The second kappa shape index (κ2) is 6.01. The van der Waals surface area contributed by atoms with Crippen LogP contribution in [0.3, 0.4) is 0 Å². The smallest absolute Gasteiger partial charge is 0.381 e. The molecule has 0 saturated carbocycles. The van der Waals surface area contributed by atoms with E-state index >= 15 is 0 Å². The SMILES string of the molecule is Fc1ccc(Br)c(F)c1CNc1ccc(C(F)(F)F)cc1. The van der Waals surface area contributed by atoms with Crippen molar-refractivity contribution in [2.24, 2.45) is 0 Å². The summed E-state index contributed by atoms with van der Waals surface area (Å²) in [4.78, 5) is 0. The van der Waals surface area contributed by atoms with Crippen molar-refractivity contribution in [3.05, 3.63) is 63.6 Å². The first-order chi connectivity index (χ1) is 9.79. The van der Waals surface area contributed by atoms with Gasteiger partial charge in [-0.05, 0) is 52.3 Å². The molecule has 0 aromatic heterocycles. The van der Waals surface area contributed by atoms with Gasteiger partial charge in [0.05, 0.1) is 10.0 Å². The number of nitrogens with one attached hydrogen (secondary N) is 1. The molecule has 0 spiro atoms. The molecule has 1 nitrogen and oxygen atoms in total. The molecule has 0 fully saturated rings. The van der Waals surface area contributed by atoms with Crippen LogP contribution in [-0.4, -0.2) is 0 Å². The molecule has 21 heavy (non-hydrogen) atoms. The van der Waals surface area contributed by atoms with Crippen molar-refractivity contribution in [2.75, 3.05) is 5.32 Å². The molecule has 0 unspecified atom stereocenters. The van der Waals surface area contributed by atoms with Gasteiger partial charge in [-0.1, -0.05) is 0 Å². The van der Waals surface area contributed by atoms with Crippen LogP contribution in [0.25, 0.3) is 0 Å². The molecule has 112 valence electrons. The van der Waals surface area contributed by atoms with E-state index in [9.17, 15) is 22.0 Å². The van der Waals surface area contributed by atoms with Gasteiger partial charge in [-0.15, -0.1) is 0 Å². The molecule has 0 heterocycles. The van der Waals surface area contributed by atoms with Gasteiger partial charge in [-0.2, -0.15) is 13.2 Å². The number of alkyl halides is 3. The third-order valence-electron chi connectivity index (χ3n) is 2.82. The Bertz CT molecular complexity index is 637. The molecule has 1 N–H and O–H groups in total. The first kappa shape index (κ1) is 15.8. The molecule has 0 amide bonds. The third kappa shape index (κ3) is 3.72. The van der Waals surface area contributed by atoms with E-state index in [2.05, 4.69) is 21.2 Å². The minimum absolute atomic E-state index is 0.119. The first-order valence-corrected chi connectivity index (χ1v) is 6.62. The average molecular weight is 366 g/mol. The Labute approximate surface area is 125 Å². The lowest BCUT2D eigenvalue weighted by atomic mass is 10.1. The Morgan fingerprint density at radius 3 is 2.14 bits per heavy atom. The van der Waals surface area contributed by atoms with Crippen LogP contribution in [-0.2, 0) is 12.7 Å². The number of benzene rings is 2. The number of halogens is 6. The van der Waals surface area contributed by atoms with Gasteiger partial charge in [-0.3, -0.25) is 0 Å². The van der Waals surface area contributed by atoms with E-state index in [1.54, 1.807) is 0 Å². The molecule has 7 heteroatoms. The summed E-state index contributed by atoms with van der Waals surface area (Å²) < 4.78 is 64.5. The fraction of sp³-hybridized carbons (Fsp3) is 0.143. The predicted octanol–water partition coefficient (Wildman–Crippen LogP) is 5.36. The standard InChI is InChI=1S/C14H9BrF5N/c15-11-5-6-12(16)10(13(11)17)7-21-9-3-1-8(2-4-9)14(18,19)20/h1-6,21H,7H2. The molecular formula is C14H9BrF5N. The van der Waals surface area contributed by atoms with Gasteiger partial charge in [0.15, 0.2) is 0 Å². The second-order valence-corrected chi connectivity index (χ2v) is 5.10. The van der Waals surface area contributed by atoms with E-state index in [1.807, 2.05) is 0 Å². The maximum Gasteiger partial charge on any atom is 0.416 e. The number of rotatable bonds is 3. The zero-order chi connectivity index (χ0) is 15.6. The topological polar surface area (TPSA) is 12.0 Å². The highest BCUT2D eigenvalue weighted by molar-refractivity contribution is 9.10. The quantitative estimate of drug-likeness (QED) is 0.570. The summed E-state index contributed by atoms with van der Waals surface area (Å²) in [7, 11) is 0. The van der Waals surface area contributed by atoms with Crippen LogP contribution in [0.1, 0.15) is 11.1 Å². The van der Waals surface area contributed by atoms with Gasteiger partial charge >= 0.3 is 6.18 Å². The maximum absolute atomic E-state index is 13.7. The summed E-state index contributed by atoms with van der Waals surface area (Å²) in [5, 5.41) is 2.68. The molecule has 2 aromatic rings. The zero-order valence-electron chi connectivity index (χ0n) is 10.4. The summed E-state index contributed by atoms with van der Waals surface area (Å²) in [6.45, 7) is -0.178. The van der Waals surface area contributed by atoms with E-state index in [0.717, 1.165) is 18.2 Å². The molecular weight excluding hydrogens is 357 g/mol. The van der Waals surface area contributed by atoms with Gasteiger partial charge < -0.3 is 5.32 Å². The molecule has 0 aliphatic heterocycles. The number of hydrogen-bond donors (Lipinski definition) is 1. The fourth-order valence-corrected chi connectivity index (χ4v) is 2.07. The number of anilines is 1. The van der Waals surface area contributed by atoms with Gasteiger partial charge in [0, 0.05) is 17.8 Å². The highest BCUT2D eigenvalue weighted by Gasteiger charge is 2.29. The van der Waals surface area contributed by atoms with Crippen LogP contribution in [0.2, 0.25) is 0 Å². The summed E-state index contributed by atoms with van der Waals surface area (Å²) in [5.74, 6) is -1.47. The van der Waals surface area contributed by atoms with Crippen LogP contribution in [0.15, 0.2) is 40.9 Å². The highest BCUT2D eigenvalue weighted by atomic mass is 79.9. The molecule has 0 atom stereocenters. The minimum atomic E-state index is -4.42. The Hall–Kier alpha value is -1.63. The third-order valence-corrected chi connectivity index (χ3v) is 3.43. The Morgan fingerprint density at radius 2 is 1.57 bits per heavy atom. The molecule has 2 aromatic carbocycles. The van der Waals surface area contributed by atoms with Gasteiger partial charge in [0.1, 0.15) is 11.6 Å². The van der Waals surface area contributed by atoms with Crippen molar-refractivity contribution in [1.82, 2.24) is 0 Å². The maximum atomic E-state index is 13.7. The first-order valence-electron chi connectivity index (χ1n) is 5.82. The van der Waals surface area contributed by atoms with E-state index < -0.39 is 23.4 Å². The highest BCUT2D eigenvalue weighted by Crippen LogP contribution is 2.30. The molecule has 0 bridgehead atoms. The normalized spacial score (nSPS) is 11.5. The van der Waals surface area contributed by atoms with E-state index in [0.29, 0.717) is 5.69 Å². The lowest BCUT2D eigenvalue weighted by molar-refractivity contribution is -0.137. The van der Waals surface area contributed by atoms with Crippen molar-refractivity contribution in [3.8, 4) is 0 Å². The average Bonchev–Trinajstić information content (AvgIpc) is 2.43. The van der Waals surface area contributed by atoms with Crippen molar-refractivity contribution >= 4 is 21.6 Å². The largest absolute Gasteiger partial charge is 0.416 e. The monoisotopic (exact) mass is 365 g/mol. The lowest BCUT2D eigenvalue weighted by Gasteiger charge is -2.11. The van der Waals surface area contributed by atoms with Crippen molar-refractivity contribution in [2.45, 2.75) is 12.7 Å². The van der Waals surface area contributed by atoms with Crippen LogP contribution in [0.5, 0.6) is 0 Å². The molecule has 0 saturated heterocycles. The van der Waals surface area contributed by atoms with Crippen molar-refractivity contribution in [3.63, 3.8) is 0 Å². The van der Waals surface area contributed by atoms with Crippen LogP contribution < -0.4 is 5.32 Å². The molecule has 0 aliphatic carbocycles. The van der Waals surface area contributed by atoms with E-state index in [-0.39, 0.29) is 16.6 Å². The second-order valence-electron chi connectivity index (χ2n) is 4.25. The van der Waals surface area contributed by atoms with Crippen LogP contribution in [0.4, 0.5) is 27.6 Å². The fourth-order valence-electron chi connectivity index (χ4n) is 1.70. The lowest BCUT2D eigenvalue weighted by Crippen LogP contribution is -2.07. The van der Waals surface area contributed by atoms with Crippen molar-refractivity contribution < 1.29 is 22.0 Å². The molecule has 0 radical (unpaired) electrons. The zero-order valence-corrected chi connectivity index (χ0v) is 12.0. The van der Waals surface area contributed by atoms with Crippen LogP contribution in [0, 0.1) is 11.6 Å². The Kier molecular flexibility index (Phi) is 4.51.